The summed E-state index contributed by atoms with van der Waals surface area (Å²) in [5.74, 6) is 0.633. The highest BCUT2D eigenvalue weighted by molar-refractivity contribution is 6.09. The average Bonchev–Trinajstić information content (AvgIpc) is 3.23. The summed E-state index contributed by atoms with van der Waals surface area (Å²) >= 11 is 0. The van der Waals surface area contributed by atoms with Crippen LogP contribution >= 0.6 is 0 Å². The molecule has 1 saturated heterocycles. The highest BCUT2D eigenvalue weighted by Crippen LogP contribution is 2.36. The van der Waals surface area contributed by atoms with E-state index in [0.717, 1.165) is 35.3 Å². The highest BCUT2D eigenvalue weighted by Gasteiger charge is 2.30. The van der Waals surface area contributed by atoms with Crippen LogP contribution in [0.4, 0.5) is 5.69 Å². The quantitative estimate of drug-likeness (QED) is 0.292. The number of likely N-dealkylation sites (tertiary alicyclic amines) is 1. The maximum absolute atomic E-state index is 13.5. The van der Waals surface area contributed by atoms with Gasteiger partial charge in [-0.15, -0.1) is 0 Å². The molecule has 0 bridgehead atoms. The summed E-state index contributed by atoms with van der Waals surface area (Å²) in [4.78, 5) is 30.4. The van der Waals surface area contributed by atoms with Crippen molar-refractivity contribution in [3.63, 3.8) is 0 Å². The van der Waals surface area contributed by atoms with E-state index in [2.05, 4.69) is 16.3 Å². The number of amides is 2. The van der Waals surface area contributed by atoms with Crippen LogP contribution in [0.3, 0.4) is 0 Å². The van der Waals surface area contributed by atoms with Gasteiger partial charge in [0, 0.05) is 12.1 Å². The third-order valence-corrected chi connectivity index (χ3v) is 7.36. The van der Waals surface area contributed by atoms with Crippen LogP contribution in [0.25, 0.3) is 6.08 Å². The van der Waals surface area contributed by atoms with Gasteiger partial charge in [-0.3, -0.25) is 14.5 Å². The van der Waals surface area contributed by atoms with Gasteiger partial charge in [-0.2, -0.15) is 0 Å². The molecule has 2 aliphatic heterocycles. The van der Waals surface area contributed by atoms with Crippen LogP contribution in [-0.2, 0) is 11.3 Å². The molecule has 0 aliphatic carbocycles. The SMILES string of the molecule is Cc1cccc(CN2C(=O)C(=Cc3ccc(C(=O)NCCCN4CCCCCC4)cc3)Oc3ccccc32)c1. The van der Waals surface area contributed by atoms with E-state index in [1.165, 1.54) is 38.8 Å². The fourth-order valence-electron chi connectivity index (χ4n) is 5.26. The molecule has 5 rings (SSSR count). The molecule has 3 aromatic rings. The van der Waals surface area contributed by atoms with Crippen LogP contribution in [0.15, 0.2) is 78.6 Å². The summed E-state index contributed by atoms with van der Waals surface area (Å²) in [6, 6.07) is 23.0. The van der Waals surface area contributed by atoms with E-state index in [1.54, 1.807) is 23.1 Å². The van der Waals surface area contributed by atoms with Crippen LogP contribution in [0.5, 0.6) is 5.75 Å². The lowest BCUT2D eigenvalue weighted by atomic mass is 10.1. The number of fused-ring (bicyclic) bond motifs is 1. The lowest BCUT2D eigenvalue weighted by Crippen LogP contribution is -2.36. The molecular formula is C33H37N3O3. The summed E-state index contributed by atoms with van der Waals surface area (Å²) in [7, 11) is 0. The number of aryl methyl sites for hydroxylation is 1. The van der Waals surface area contributed by atoms with E-state index in [-0.39, 0.29) is 17.6 Å². The average molecular weight is 524 g/mol. The molecule has 0 radical (unpaired) electrons. The number of hydrogen-bond acceptors (Lipinski definition) is 4. The molecule has 39 heavy (non-hydrogen) atoms. The van der Waals surface area contributed by atoms with Gasteiger partial charge >= 0.3 is 0 Å². The van der Waals surface area contributed by atoms with Gasteiger partial charge < -0.3 is 15.0 Å². The second-order valence-electron chi connectivity index (χ2n) is 10.4. The van der Waals surface area contributed by atoms with Crippen molar-refractivity contribution in [3.8, 4) is 5.75 Å². The Bertz CT molecular complexity index is 1320. The predicted octanol–water partition coefficient (Wildman–Crippen LogP) is 5.96. The normalized spacial score (nSPS) is 16.9. The molecule has 0 aromatic heterocycles. The van der Waals surface area contributed by atoms with Gasteiger partial charge in [0.1, 0.15) is 0 Å². The zero-order valence-electron chi connectivity index (χ0n) is 22.7. The number of anilines is 1. The molecule has 0 saturated carbocycles. The first kappa shape index (κ1) is 26.7. The fraction of sp³-hybridized carbons (Fsp3) is 0.333. The molecule has 2 amide bonds. The monoisotopic (exact) mass is 523 g/mol. The van der Waals surface area contributed by atoms with Gasteiger partial charge in [-0.25, -0.2) is 0 Å². The van der Waals surface area contributed by atoms with Crippen molar-refractivity contribution in [3.05, 3.63) is 101 Å². The first-order valence-electron chi connectivity index (χ1n) is 14.0. The Labute approximate surface area is 231 Å². The minimum atomic E-state index is -0.193. The lowest BCUT2D eigenvalue weighted by molar-refractivity contribution is -0.117. The molecule has 0 atom stereocenters. The summed E-state index contributed by atoms with van der Waals surface area (Å²) in [5.41, 5.74) is 4.36. The molecule has 0 spiro atoms. The van der Waals surface area contributed by atoms with Gasteiger partial charge in [0.2, 0.25) is 0 Å². The molecule has 6 heteroatoms. The maximum Gasteiger partial charge on any atom is 0.294 e. The van der Waals surface area contributed by atoms with Crippen molar-refractivity contribution in [2.24, 2.45) is 0 Å². The van der Waals surface area contributed by atoms with E-state index in [0.29, 0.717) is 24.4 Å². The number of nitrogens with one attached hydrogen (secondary N) is 1. The lowest BCUT2D eigenvalue weighted by Gasteiger charge is -2.30. The van der Waals surface area contributed by atoms with Crippen LogP contribution in [0, 0.1) is 6.92 Å². The Balaban J connectivity index is 1.22. The zero-order chi connectivity index (χ0) is 27.0. The van der Waals surface area contributed by atoms with Crippen LogP contribution < -0.4 is 15.0 Å². The number of nitrogens with zero attached hydrogens (tertiary/aromatic N) is 2. The largest absolute Gasteiger partial charge is 0.449 e. The van der Waals surface area contributed by atoms with Crippen molar-refractivity contribution in [2.45, 2.75) is 45.6 Å². The smallest absolute Gasteiger partial charge is 0.294 e. The molecule has 1 fully saturated rings. The van der Waals surface area contributed by atoms with Crippen molar-refractivity contribution in [2.75, 3.05) is 31.1 Å². The molecule has 202 valence electrons. The number of carbonyl (C=O) groups excluding carboxylic acids is 2. The molecular weight excluding hydrogens is 486 g/mol. The van der Waals surface area contributed by atoms with Gasteiger partial charge in [0.15, 0.2) is 11.5 Å². The Morgan fingerprint density at radius 1 is 0.949 bits per heavy atom. The van der Waals surface area contributed by atoms with Crippen molar-refractivity contribution < 1.29 is 14.3 Å². The first-order chi connectivity index (χ1) is 19.1. The number of para-hydroxylation sites is 2. The number of ether oxygens (including phenoxy) is 1. The number of benzene rings is 3. The molecule has 6 nitrogen and oxygen atoms in total. The second kappa shape index (κ2) is 12.8. The van der Waals surface area contributed by atoms with Crippen molar-refractivity contribution in [1.29, 1.82) is 0 Å². The molecule has 0 unspecified atom stereocenters. The van der Waals surface area contributed by atoms with E-state index in [1.807, 2.05) is 61.5 Å². The van der Waals surface area contributed by atoms with Crippen molar-refractivity contribution in [1.82, 2.24) is 10.2 Å². The van der Waals surface area contributed by atoms with E-state index >= 15 is 0 Å². The van der Waals surface area contributed by atoms with Crippen LogP contribution in [-0.4, -0.2) is 42.9 Å². The van der Waals surface area contributed by atoms with E-state index in [9.17, 15) is 9.59 Å². The third kappa shape index (κ3) is 6.95. The standard InChI is InChI=1S/C33H37N3O3/c1-25-10-8-11-27(22-25)24-36-29-12-4-5-13-30(29)39-31(33(36)38)23-26-14-16-28(17-15-26)32(37)34-18-9-21-35-19-6-2-3-7-20-35/h4-5,8,10-17,22-23H,2-3,6-7,9,18-21,24H2,1H3,(H,34,37). The predicted molar refractivity (Wildman–Crippen MR) is 156 cm³/mol. The Morgan fingerprint density at radius 2 is 1.72 bits per heavy atom. The van der Waals surface area contributed by atoms with Gasteiger partial charge in [0.25, 0.3) is 11.8 Å². The van der Waals surface area contributed by atoms with Crippen molar-refractivity contribution >= 4 is 23.6 Å². The summed E-state index contributed by atoms with van der Waals surface area (Å²) in [5, 5.41) is 3.04. The highest BCUT2D eigenvalue weighted by atomic mass is 16.5. The van der Waals surface area contributed by atoms with Crippen LogP contribution in [0.1, 0.15) is 59.2 Å². The fourth-order valence-corrected chi connectivity index (χ4v) is 5.26. The summed E-state index contributed by atoms with van der Waals surface area (Å²) in [6.45, 7) is 6.54. The zero-order valence-corrected chi connectivity index (χ0v) is 22.7. The van der Waals surface area contributed by atoms with Gasteiger partial charge in [-0.05, 0) is 87.3 Å². The first-order valence-corrected chi connectivity index (χ1v) is 14.0. The van der Waals surface area contributed by atoms with Gasteiger partial charge in [-0.1, -0.05) is 66.9 Å². The molecule has 1 N–H and O–H groups in total. The topological polar surface area (TPSA) is 61.9 Å². The minimum Gasteiger partial charge on any atom is -0.449 e. The Morgan fingerprint density at radius 3 is 2.49 bits per heavy atom. The van der Waals surface area contributed by atoms with Crippen LogP contribution in [0.2, 0.25) is 0 Å². The molecule has 3 aromatic carbocycles. The third-order valence-electron chi connectivity index (χ3n) is 7.36. The molecule has 2 aliphatic rings. The summed E-state index contributed by atoms with van der Waals surface area (Å²) < 4.78 is 6.03. The summed E-state index contributed by atoms with van der Waals surface area (Å²) in [6.07, 6.45) is 7.92. The maximum atomic E-state index is 13.5. The van der Waals surface area contributed by atoms with Gasteiger partial charge in [0.05, 0.1) is 12.2 Å². The number of hydrogen-bond donors (Lipinski definition) is 1. The number of carbonyl (C=O) groups is 2. The van der Waals surface area contributed by atoms with E-state index < -0.39 is 0 Å². The minimum absolute atomic E-state index is 0.0756. The second-order valence-corrected chi connectivity index (χ2v) is 10.4. The molecule has 2 heterocycles. The Hall–Kier alpha value is -3.90. The van der Waals surface area contributed by atoms with E-state index in [4.69, 9.17) is 4.74 Å². The number of rotatable bonds is 8. The Kier molecular flexibility index (Phi) is 8.74.